The molecule has 1 heterocycles. The summed E-state index contributed by atoms with van der Waals surface area (Å²) in [7, 11) is 0. The van der Waals surface area contributed by atoms with Crippen LogP contribution in [0.15, 0.2) is 28.8 Å². The molecule has 0 saturated carbocycles. The van der Waals surface area contributed by atoms with Crippen molar-refractivity contribution in [3.63, 3.8) is 0 Å². The number of carbonyl (C=O) groups excluding carboxylic acids is 1. The number of aryl methyl sites for hydroxylation is 1. The molecule has 0 radical (unpaired) electrons. The van der Waals surface area contributed by atoms with Crippen LogP contribution in [0, 0.1) is 6.92 Å². The lowest BCUT2D eigenvalue weighted by Gasteiger charge is -2.01. The highest BCUT2D eigenvalue weighted by atomic mass is 16.5. The van der Waals surface area contributed by atoms with Gasteiger partial charge in [-0.05, 0) is 24.6 Å². The van der Waals surface area contributed by atoms with Gasteiger partial charge >= 0.3 is 6.01 Å². The third kappa shape index (κ3) is 3.04. The van der Waals surface area contributed by atoms with Gasteiger partial charge in [0.15, 0.2) is 5.82 Å². The molecule has 6 nitrogen and oxygen atoms in total. The van der Waals surface area contributed by atoms with Gasteiger partial charge in [0.05, 0.1) is 6.42 Å². The van der Waals surface area contributed by atoms with E-state index in [1.165, 1.54) is 0 Å². The average Bonchev–Trinajstić information content (AvgIpc) is 2.63. The van der Waals surface area contributed by atoms with Gasteiger partial charge in [-0.15, -0.1) is 0 Å². The number of benzene rings is 1. The first-order valence-electron chi connectivity index (χ1n) is 5.08. The van der Waals surface area contributed by atoms with Crippen LogP contribution in [0.2, 0.25) is 0 Å². The van der Waals surface area contributed by atoms with Crippen LogP contribution in [0.1, 0.15) is 11.4 Å². The number of aromatic nitrogens is 2. The van der Waals surface area contributed by atoms with Crippen molar-refractivity contribution in [2.24, 2.45) is 0 Å². The maximum Gasteiger partial charge on any atom is 0.328 e. The molecule has 1 aromatic carbocycles. The molecule has 0 bridgehead atoms. The summed E-state index contributed by atoms with van der Waals surface area (Å²) in [5.74, 6) is 0.253. The smallest absolute Gasteiger partial charge is 0.328 e. The summed E-state index contributed by atoms with van der Waals surface area (Å²) in [4.78, 5) is 15.5. The summed E-state index contributed by atoms with van der Waals surface area (Å²) < 4.78 is 4.78. The Balaban J connectivity index is 1.98. The number of hydrogen-bond acceptors (Lipinski definition) is 5. The largest absolute Gasteiger partial charge is 0.399 e. The third-order valence-electron chi connectivity index (χ3n) is 2.09. The fourth-order valence-electron chi connectivity index (χ4n) is 1.40. The molecule has 0 fully saturated rings. The zero-order valence-corrected chi connectivity index (χ0v) is 9.30. The van der Waals surface area contributed by atoms with Crippen LogP contribution in [0.3, 0.4) is 0 Å². The zero-order chi connectivity index (χ0) is 12.3. The molecule has 17 heavy (non-hydrogen) atoms. The molecule has 0 aliphatic heterocycles. The lowest BCUT2D eigenvalue weighted by Crippen LogP contribution is -2.14. The van der Waals surface area contributed by atoms with Gasteiger partial charge in [-0.3, -0.25) is 10.1 Å². The van der Waals surface area contributed by atoms with E-state index in [0.29, 0.717) is 11.5 Å². The molecule has 0 atom stereocenters. The van der Waals surface area contributed by atoms with Crippen LogP contribution in [0.5, 0.6) is 0 Å². The molecule has 6 heteroatoms. The SMILES string of the molecule is Cc1noc(NC(=O)Cc2cccc(N)c2)n1. The van der Waals surface area contributed by atoms with Crippen molar-refractivity contribution in [2.45, 2.75) is 13.3 Å². The molecule has 0 spiro atoms. The van der Waals surface area contributed by atoms with Crippen LogP contribution in [-0.4, -0.2) is 16.0 Å². The molecular weight excluding hydrogens is 220 g/mol. The second-order valence-electron chi connectivity index (χ2n) is 3.62. The van der Waals surface area contributed by atoms with E-state index in [1.807, 2.05) is 6.07 Å². The van der Waals surface area contributed by atoms with Gasteiger partial charge in [0.1, 0.15) is 0 Å². The predicted molar refractivity (Wildman–Crippen MR) is 62.2 cm³/mol. The van der Waals surface area contributed by atoms with E-state index >= 15 is 0 Å². The van der Waals surface area contributed by atoms with Crippen molar-refractivity contribution in [1.82, 2.24) is 10.1 Å². The van der Waals surface area contributed by atoms with Crippen LogP contribution < -0.4 is 11.1 Å². The van der Waals surface area contributed by atoms with Gasteiger partial charge in [0.2, 0.25) is 5.91 Å². The van der Waals surface area contributed by atoms with Crippen LogP contribution >= 0.6 is 0 Å². The monoisotopic (exact) mass is 232 g/mol. The minimum absolute atomic E-state index is 0.108. The van der Waals surface area contributed by atoms with E-state index in [9.17, 15) is 4.79 Å². The first-order valence-corrected chi connectivity index (χ1v) is 5.08. The molecule has 0 aliphatic carbocycles. The number of amides is 1. The number of hydrogen-bond donors (Lipinski definition) is 2. The number of anilines is 2. The summed E-state index contributed by atoms with van der Waals surface area (Å²) in [5, 5.41) is 6.08. The average molecular weight is 232 g/mol. The summed E-state index contributed by atoms with van der Waals surface area (Å²) in [5.41, 5.74) is 7.08. The number of nitrogens with zero attached hydrogens (tertiary/aromatic N) is 2. The molecule has 3 N–H and O–H groups in total. The highest BCUT2D eigenvalue weighted by Crippen LogP contribution is 2.08. The van der Waals surface area contributed by atoms with Gasteiger partial charge < -0.3 is 10.3 Å². The molecule has 2 aromatic rings. The van der Waals surface area contributed by atoms with E-state index in [-0.39, 0.29) is 18.3 Å². The second-order valence-corrected chi connectivity index (χ2v) is 3.62. The Morgan fingerprint density at radius 2 is 2.35 bits per heavy atom. The molecule has 0 unspecified atom stereocenters. The maximum absolute atomic E-state index is 11.6. The van der Waals surface area contributed by atoms with Gasteiger partial charge in [-0.2, -0.15) is 4.98 Å². The van der Waals surface area contributed by atoms with E-state index in [4.69, 9.17) is 10.3 Å². The Morgan fingerprint density at radius 3 is 3.00 bits per heavy atom. The Hall–Kier alpha value is -2.37. The molecule has 88 valence electrons. The van der Waals surface area contributed by atoms with E-state index in [1.54, 1.807) is 25.1 Å². The Labute approximate surface area is 97.8 Å². The molecule has 1 amide bonds. The Kier molecular flexibility index (Phi) is 3.04. The van der Waals surface area contributed by atoms with Crippen LogP contribution in [-0.2, 0) is 11.2 Å². The van der Waals surface area contributed by atoms with Crippen molar-refractivity contribution in [2.75, 3.05) is 11.1 Å². The minimum atomic E-state index is -0.223. The summed E-state index contributed by atoms with van der Waals surface area (Å²) in [6, 6.07) is 7.25. The third-order valence-corrected chi connectivity index (χ3v) is 2.09. The number of nitrogens with two attached hydrogens (primary N) is 1. The highest BCUT2D eigenvalue weighted by Gasteiger charge is 2.08. The van der Waals surface area contributed by atoms with Crippen molar-refractivity contribution in [3.05, 3.63) is 35.7 Å². The van der Waals surface area contributed by atoms with Crippen LogP contribution in [0.25, 0.3) is 0 Å². The predicted octanol–water partition coefficient (Wildman–Crippen LogP) is 1.14. The Morgan fingerprint density at radius 1 is 1.53 bits per heavy atom. The standard InChI is InChI=1S/C11H12N4O2/c1-7-13-11(17-15-7)14-10(16)6-8-3-2-4-9(12)5-8/h2-5H,6,12H2,1H3,(H,13,14,15,16). The second kappa shape index (κ2) is 4.65. The molecule has 2 rings (SSSR count). The van der Waals surface area contributed by atoms with E-state index in [0.717, 1.165) is 5.56 Å². The summed E-state index contributed by atoms with van der Waals surface area (Å²) >= 11 is 0. The van der Waals surface area contributed by atoms with E-state index in [2.05, 4.69) is 15.5 Å². The zero-order valence-electron chi connectivity index (χ0n) is 9.30. The lowest BCUT2D eigenvalue weighted by molar-refractivity contribution is -0.115. The normalized spacial score (nSPS) is 10.2. The molecule has 0 aliphatic rings. The van der Waals surface area contributed by atoms with Gasteiger partial charge in [-0.1, -0.05) is 17.3 Å². The van der Waals surface area contributed by atoms with Crippen molar-refractivity contribution < 1.29 is 9.32 Å². The topological polar surface area (TPSA) is 94.0 Å². The summed E-state index contributed by atoms with van der Waals surface area (Å²) in [6.45, 7) is 1.68. The minimum Gasteiger partial charge on any atom is -0.399 e. The maximum atomic E-state index is 11.6. The molecule has 1 aromatic heterocycles. The van der Waals surface area contributed by atoms with Crippen LogP contribution in [0.4, 0.5) is 11.7 Å². The molecular formula is C11H12N4O2. The van der Waals surface area contributed by atoms with Crippen molar-refractivity contribution in [1.29, 1.82) is 0 Å². The number of nitrogen functional groups attached to an aromatic ring is 1. The lowest BCUT2D eigenvalue weighted by atomic mass is 10.1. The fourth-order valence-corrected chi connectivity index (χ4v) is 1.40. The quantitative estimate of drug-likeness (QED) is 0.774. The van der Waals surface area contributed by atoms with Crippen molar-refractivity contribution in [3.8, 4) is 0 Å². The van der Waals surface area contributed by atoms with Gasteiger partial charge in [-0.25, -0.2) is 0 Å². The Bertz CT molecular complexity index is 536. The number of carbonyl (C=O) groups is 1. The first-order chi connectivity index (χ1) is 8.13. The first kappa shape index (κ1) is 11.1. The fraction of sp³-hybridized carbons (Fsp3) is 0.182. The van der Waals surface area contributed by atoms with Crippen molar-refractivity contribution >= 4 is 17.6 Å². The van der Waals surface area contributed by atoms with Gasteiger partial charge in [0, 0.05) is 5.69 Å². The number of nitrogens with one attached hydrogen (secondary N) is 1. The van der Waals surface area contributed by atoms with Gasteiger partial charge in [0.25, 0.3) is 0 Å². The number of rotatable bonds is 3. The summed E-state index contributed by atoms with van der Waals surface area (Å²) in [6.07, 6.45) is 0.215. The highest BCUT2D eigenvalue weighted by molar-refractivity contribution is 5.90. The molecule has 0 saturated heterocycles. The van der Waals surface area contributed by atoms with E-state index < -0.39 is 0 Å².